The van der Waals surface area contributed by atoms with Gasteiger partial charge in [0.1, 0.15) is 49.0 Å². The van der Waals surface area contributed by atoms with Gasteiger partial charge in [0.15, 0.2) is 0 Å². The van der Waals surface area contributed by atoms with E-state index in [0.29, 0.717) is 18.6 Å². The first-order chi connectivity index (χ1) is 17.8. The summed E-state index contributed by atoms with van der Waals surface area (Å²) in [6.07, 6.45) is -5.32. The zero-order valence-electron chi connectivity index (χ0n) is 21.0. The molecular formula is C30H34O7. The number of hydrogen-bond donors (Lipinski definition) is 4. The molecular weight excluding hydrogens is 472 g/mol. The Morgan fingerprint density at radius 2 is 1.59 bits per heavy atom. The maximum atomic E-state index is 10.5. The second-order valence-corrected chi connectivity index (χ2v) is 10.3. The Morgan fingerprint density at radius 3 is 2.35 bits per heavy atom. The van der Waals surface area contributed by atoms with E-state index in [9.17, 15) is 20.4 Å². The summed E-state index contributed by atoms with van der Waals surface area (Å²) in [5, 5.41) is 40.1. The van der Waals surface area contributed by atoms with Crippen molar-refractivity contribution in [3.05, 3.63) is 101 Å². The van der Waals surface area contributed by atoms with Crippen molar-refractivity contribution in [2.45, 2.75) is 62.5 Å². The van der Waals surface area contributed by atoms with Crippen LogP contribution >= 0.6 is 0 Å². The predicted molar refractivity (Wildman–Crippen MR) is 137 cm³/mol. The van der Waals surface area contributed by atoms with E-state index in [-0.39, 0.29) is 11.7 Å². The summed E-state index contributed by atoms with van der Waals surface area (Å²) < 4.78 is 18.0. The molecule has 7 heteroatoms. The summed E-state index contributed by atoms with van der Waals surface area (Å²) in [7, 11) is 0. The molecule has 1 unspecified atom stereocenters. The van der Waals surface area contributed by atoms with E-state index in [4.69, 9.17) is 14.2 Å². The van der Waals surface area contributed by atoms with Crippen LogP contribution in [0, 0.1) is 0 Å². The normalized spacial score (nSPS) is 28.6. The molecule has 0 radical (unpaired) electrons. The standard InChI is InChI=1S/C30H34O7/c1-30(2)23-9-4-3-8-22(23)25(37-30)17-35-21-12-10-18(11-13-21)14-19-6-5-7-20(15-19)29-28(34)27(33)26(32)24(16-31)36-29/h3-13,15,24-29,31-34H,14,16-17H2,1-2H3/t24-,25?,26-,27+,28-,29+/m1/s1. The number of ether oxygens (including phenoxy) is 3. The van der Waals surface area contributed by atoms with E-state index in [2.05, 4.69) is 26.0 Å². The highest BCUT2D eigenvalue weighted by molar-refractivity contribution is 5.38. The van der Waals surface area contributed by atoms with Crippen LogP contribution in [0.2, 0.25) is 0 Å². The number of aliphatic hydroxyl groups is 4. The van der Waals surface area contributed by atoms with Gasteiger partial charge in [0.25, 0.3) is 0 Å². The van der Waals surface area contributed by atoms with Gasteiger partial charge in [-0.1, -0.05) is 60.7 Å². The molecule has 37 heavy (non-hydrogen) atoms. The van der Waals surface area contributed by atoms with E-state index in [1.54, 1.807) is 6.07 Å². The molecule has 2 aliphatic heterocycles. The predicted octanol–water partition coefficient (Wildman–Crippen LogP) is 3.18. The third-order valence-electron chi connectivity index (χ3n) is 7.30. The van der Waals surface area contributed by atoms with Crippen LogP contribution in [0.3, 0.4) is 0 Å². The summed E-state index contributed by atoms with van der Waals surface area (Å²) in [6, 6.07) is 23.8. The average molecular weight is 507 g/mol. The minimum Gasteiger partial charge on any atom is -0.491 e. The number of rotatable bonds is 7. The lowest BCUT2D eigenvalue weighted by molar-refractivity contribution is -0.231. The molecule has 3 aromatic carbocycles. The second-order valence-electron chi connectivity index (χ2n) is 10.3. The maximum Gasteiger partial charge on any atom is 0.119 e. The smallest absolute Gasteiger partial charge is 0.119 e. The molecule has 3 aromatic rings. The number of hydrogen-bond acceptors (Lipinski definition) is 7. The Morgan fingerprint density at radius 1 is 0.838 bits per heavy atom. The third kappa shape index (κ3) is 5.29. The summed E-state index contributed by atoms with van der Waals surface area (Å²) in [5.41, 5.74) is 4.80. The van der Waals surface area contributed by atoms with Gasteiger partial charge in [-0.3, -0.25) is 0 Å². The molecule has 2 aliphatic rings. The van der Waals surface area contributed by atoms with Crippen molar-refractivity contribution in [1.29, 1.82) is 0 Å². The first-order valence-corrected chi connectivity index (χ1v) is 12.6. The van der Waals surface area contributed by atoms with E-state index >= 15 is 0 Å². The topological polar surface area (TPSA) is 109 Å². The Balaban J connectivity index is 1.22. The van der Waals surface area contributed by atoms with Crippen molar-refractivity contribution in [3.8, 4) is 5.75 Å². The summed E-state index contributed by atoms with van der Waals surface area (Å²) in [6.45, 7) is 4.13. The van der Waals surface area contributed by atoms with Gasteiger partial charge in [0.2, 0.25) is 0 Å². The molecule has 7 nitrogen and oxygen atoms in total. The molecule has 0 aliphatic carbocycles. The van der Waals surface area contributed by atoms with Crippen molar-refractivity contribution in [3.63, 3.8) is 0 Å². The molecule has 196 valence electrons. The van der Waals surface area contributed by atoms with Crippen LogP contribution in [0.1, 0.15) is 53.9 Å². The SMILES string of the molecule is CC1(C)OC(COc2ccc(Cc3cccc([C@@H]4O[C@H](CO)[C@@H](O)[C@H](O)[C@H]4O)c3)cc2)c2ccccc21. The van der Waals surface area contributed by atoms with Crippen molar-refractivity contribution < 1.29 is 34.6 Å². The molecule has 1 fully saturated rings. The van der Waals surface area contributed by atoms with Crippen molar-refractivity contribution >= 4 is 0 Å². The highest BCUT2D eigenvalue weighted by atomic mass is 16.6. The Labute approximate surface area is 216 Å². The van der Waals surface area contributed by atoms with Crippen molar-refractivity contribution in [2.24, 2.45) is 0 Å². The summed E-state index contributed by atoms with van der Waals surface area (Å²) in [5.74, 6) is 0.768. The van der Waals surface area contributed by atoms with Gasteiger partial charge in [-0.2, -0.15) is 0 Å². The van der Waals surface area contributed by atoms with E-state index in [1.165, 1.54) is 11.1 Å². The fourth-order valence-corrected chi connectivity index (χ4v) is 5.30. The minimum absolute atomic E-state index is 0.115. The highest BCUT2D eigenvalue weighted by Crippen LogP contribution is 2.43. The quantitative estimate of drug-likeness (QED) is 0.390. The highest BCUT2D eigenvalue weighted by Gasteiger charge is 2.44. The van der Waals surface area contributed by atoms with Crippen LogP contribution in [0.4, 0.5) is 0 Å². The maximum absolute atomic E-state index is 10.5. The van der Waals surface area contributed by atoms with Crippen LogP contribution in [-0.4, -0.2) is 58.1 Å². The Hall–Kier alpha value is -2.78. The van der Waals surface area contributed by atoms with Crippen molar-refractivity contribution in [2.75, 3.05) is 13.2 Å². The monoisotopic (exact) mass is 506 g/mol. The molecule has 1 saturated heterocycles. The zero-order chi connectivity index (χ0) is 26.2. The third-order valence-corrected chi connectivity index (χ3v) is 7.30. The van der Waals surface area contributed by atoms with E-state index < -0.39 is 37.1 Å². The zero-order valence-corrected chi connectivity index (χ0v) is 21.0. The van der Waals surface area contributed by atoms with Crippen LogP contribution in [0.15, 0.2) is 72.8 Å². The second kappa shape index (κ2) is 10.5. The number of fused-ring (bicyclic) bond motifs is 1. The van der Waals surface area contributed by atoms with Crippen LogP contribution in [0.5, 0.6) is 5.75 Å². The minimum atomic E-state index is -1.40. The number of aliphatic hydroxyl groups excluding tert-OH is 4. The molecule has 0 aromatic heterocycles. The first kappa shape index (κ1) is 25.9. The Kier molecular flexibility index (Phi) is 7.36. The molecule has 0 spiro atoms. The first-order valence-electron chi connectivity index (χ1n) is 12.6. The molecule has 6 atom stereocenters. The fourth-order valence-electron chi connectivity index (χ4n) is 5.30. The van der Waals surface area contributed by atoms with E-state index in [0.717, 1.165) is 16.9 Å². The van der Waals surface area contributed by atoms with Crippen LogP contribution in [0.25, 0.3) is 0 Å². The molecule has 2 heterocycles. The average Bonchev–Trinajstić information content (AvgIpc) is 3.17. The molecule has 4 N–H and O–H groups in total. The molecule has 0 amide bonds. The van der Waals surface area contributed by atoms with Gasteiger partial charge in [-0.15, -0.1) is 0 Å². The Bertz CT molecular complexity index is 1210. The molecule has 5 rings (SSSR count). The van der Waals surface area contributed by atoms with E-state index in [1.807, 2.05) is 54.6 Å². The van der Waals surface area contributed by atoms with Crippen LogP contribution < -0.4 is 4.74 Å². The fraction of sp³-hybridized carbons (Fsp3) is 0.400. The van der Waals surface area contributed by atoms with Gasteiger partial charge in [-0.05, 0) is 60.2 Å². The summed E-state index contributed by atoms with van der Waals surface area (Å²) >= 11 is 0. The largest absolute Gasteiger partial charge is 0.491 e. The number of benzene rings is 3. The van der Waals surface area contributed by atoms with Gasteiger partial charge < -0.3 is 34.6 Å². The van der Waals surface area contributed by atoms with Gasteiger partial charge in [-0.25, -0.2) is 0 Å². The lowest BCUT2D eigenvalue weighted by Crippen LogP contribution is -2.55. The van der Waals surface area contributed by atoms with Crippen LogP contribution in [-0.2, 0) is 21.5 Å². The molecule has 0 bridgehead atoms. The lowest BCUT2D eigenvalue weighted by atomic mass is 9.90. The molecule has 0 saturated carbocycles. The lowest BCUT2D eigenvalue weighted by Gasteiger charge is -2.40. The van der Waals surface area contributed by atoms with Gasteiger partial charge in [0, 0.05) is 0 Å². The summed E-state index contributed by atoms with van der Waals surface area (Å²) in [4.78, 5) is 0. The van der Waals surface area contributed by atoms with Gasteiger partial charge in [0.05, 0.1) is 12.2 Å². The van der Waals surface area contributed by atoms with Gasteiger partial charge >= 0.3 is 0 Å². The van der Waals surface area contributed by atoms with Crippen molar-refractivity contribution in [1.82, 2.24) is 0 Å².